The van der Waals surface area contributed by atoms with E-state index in [2.05, 4.69) is 18.7 Å². The number of rotatable bonds is 5. The van der Waals surface area contributed by atoms with Crippen molar-refractivity contribution in [3.63, 3.8) is 0 Å². The highest BCUT2D eigenvalue weighted by Gasteiger charge is 2.44. The Balaban J connectivity index is 2.22. The maximum absolute atomic E-state index is 12.7. The molecule has 2 heterocycles. The zero-order valence-corrected chi connectivity index (χ0v) is 11.0. The summed E-state index contributed by atoms with van der Waals surface area (Å²) in [6.45, 7) is 7.02. The lowest BCUT2D eigenvalue weighted by atomic mass is 9.85. The molecule has 0 atom stereocenters. The highest BCUT2D eigenvalue weighted by atomic mass is 16.5. The zero-order chi connectivity index (χ0) is 12.3. The molecule has 1 fully saturated rings. The van der Waals surface area contributed by atoms with Crippen LogP contribution >= 0.6 is 0 Å². The molecule has 2 aliphatic heterocycles. The number of hydrogen-bond donors (Lipinski definition) is 0. The van der Waals surface area contributed by atoms with Gasteiger partial charge in [0.15, 0.2) is 5.76 Å². The van der Waals surface area contributed by atoms with Crippen LogP contribution in [0.3, 0.4) is 0 Å². The second-order valence-corrected chi connectivity index (χ2v) is 4.97. The van der Waals surface area contributed by atoms with Gasteiger partial charge in [-0.05, 0) is 44.8 Å². The third-order valence-electron chi connectivity index (χ3n) is 4.23. The molecule has 96 valence electrons. The summed E-state index contributed by atoms with van der Waals surface area (Å²) >= 11 is 0. The SMILES string of the molecule is CCC(CC)(C(=O)C1=CCCO1)N1CCCC1. The van der Waals surface area contributed by atoms with Gasteiger partial charge in [-0.2, -0.15) is 0 Å². The highest BCUT2D eigenvalue weighted by molar-refractivity contribution is 6.01. The Labute approximate surface area is 104 Å². The van der Waals surface area contributed by atoms with Crippen LogP contribution in [0, 0.1) is 0 Å². The molecule has 0 amide bonds. The largest absolute Gasteiger partial charge is 0.490 e. The average molecular weight is 237 g/mol. The number of likely N-dealkylation sites (tertiary alicyclic amines) is 1. The van der Waals surface area contributed by atoms with Gasteiger partial charge >= 0.3 is 0 Å². The number of ketones is 1. The maximum Gasteiger partial charge on any atom is 0.217 e. The Morgan fingerprint density at radius 3 is 2.47 bits per heavy atom. The van der Waals surface area contributed by atoms with Crippen LogP contribution < -0.4 is 0 Å². The fraction of sp³-hybridized carbons (Fsp3) is 0.786. The van der Waals surface area contributed by atoms with Crippen LogP contribution in [0.4, 0.5) is 0 Å². The molecule has 1 saturated heterocycles. The van der Waals surface area contributed by atoms with Crippen molar-refractivity contribution < 1.29 is 9.53 Å². The number of ether oxygens (including phenoxy) is 1. The van der Waals surface area contributed by atoms with Gasteiger partial charge in [0.05, 0.1) is 12.1 Å². The molecule has 3 heteroatoms. The van der Waals surface area contributed by atoms with Crippen LogP contribution in [0.2, 0.25) is 0 Å². The normalized spacial score (nSPS) is 21.4. The van der Waals surface area contributed by atoms with Crippen LogP contribution in [-0.2, 0) is 9.53 Å². The van der Waals surface area contributed by atoms with E-state index in [1.54, 1.807) is 0 Å². The standard InChI is InChI=1S/C14H23NO2/c1-3-14(4-2,15-9-5-6-10-15)13(16)12-8-7-11-17-12/h8H,3-7,9-11H2,1-2H3. The summed E-state index contributed by atoms with van der Waals surface area (Å²) in [6.07, 6.45) is 7.03. The average Bonchev–Trinajstić information content (AvgIpc) is 3.04. The Hall–Kier alpha value is -0.830. The van der Waals surface area contributed by atoms with Crippen molar-refractivity contribution in [2.45, 2.75) is 51.5 Å². The first-order chi connectivity index (χ1) is 8.24. The molecular formula is C14H23NO2. The monoisotopic (exact) mass is 237 g/mol. The lowest BCUT2D eigenvalue weighted by molar-refractivity contribution is -0.130. The molecule has 0 aliphatic carbocycles. The van der Waals surface area contributed by atoms with E-state index in [0.717, 1.165) is 32.4 Å². The highest BCUT2D eigenvalue weighted by Crippen LogP contribution is 2.32. The Morgan fingerprint density at radius 2 is 2.00 bits per heavy atom. The van der Waals surface area contributed by atoms with Gasteiger partial charge in [-0.15, -0.1) is 0 Å². The van der Waals surface area contributed by atoms with E-state index in [-0.39, 0.29) is 11.3 Å². The maximum atomic E-state index is 12.7. The van der Waals surface area contributed by atoms with E-state index in [1.807, 2.05) is 6.08 Å². The quantitative estimate of drug-likeness (QED) is 0.736. The fourth-order valence-corrected chi connectivity index (χ4v) is 3.11. The topological polar surface area (TPSA) is 29.5 Å². The minimum Gasteiger partial charge on any atom is -0.490 e. The van der Waals surface area contributed by atoms with Crippen molar-refractivity contribution in [1.82, 2.24) is 4.90 Å². The van der Waals surface area contributed by atoms with Gasteiger partial charge in [0.25, 0.3) is 0 Å². The minimum absolute atomic E-state index is 0.210. The van der Waals surface area contributed by atoms with Crippen molar-refractivity contribution >= 4 is 5.78 Å². The van der Waals surface area contributed by atoms with Crippen LogP contribution in [0.5, 0.6) is 0 Å². The molecule has 0 unspecified atom stereocenters. The molecule has 2 aliphatic rings. The van der Waals surface area contributed by atoms with E-state index in [9.17, 15) is 4.79 Å². The minimum atomic E-state index is -0.313. The van der Waals surface area contributed by atoms with Gasteiger partial charge < -0.3 is 4.74 Å². The van der Waals surface area contributed by atoms with Gasteiger partial charge in [0, 0.05) is 6.42 Å². The molecule has 0 aromatic heterocycles. The summed E-state index contributed by atoms with van der Waals surface area (Å²) in [5, 5.41) is 0. The molecule has 0 aromatic carbocycles. The third kappa shape index (κ3) is 2.13. The summed E-state index contributed by atoms with van der Waals surface area (Å²) in [7, 11) is 0. The summed E-state index contributed by atoms with van der Waals surface area (Å²) in [5.74, 6) is 0.822. The van der Waals surface area contributed by atoms with Gasteiger partial charge in [-0.3, -0.25) is 9.69 Å². The number of carbonyl (C=O) groups excluding carboxylic acids is 1. The van der Waals surface area contributed by atoms with Crippen LogP contribution in [0.15, 0.2) is 11.8 Å². The first-order valence-corrected chi connectivity index (χ1v) is 6.87. The summed E-state index contributed by atoms with van der Waals surface area (Å²) in [4.78, 5) is 15.1. The van der Waals surface area contributed by atoms with Crippen molar-refractivity contribution in [3.8, 4) is 0 Å². The van der Waals surface area contributed by atoms with Crippen molar-refractivity contribution in [2.75, 3.05) is 19.7 Å². The summed E-state index contributed by atoms with van der Waals surface area (Å²) in [5.41, 5.74) is -0.313. The lowest BCUT2D eigenvalue weighted by Gasteiger charge is -2.39. The van der Waals surface area contributed by atoms with Gasteiger partial charge in [0.2, 0.25) is 5.78 Å². The van der Waals surface area contributed by atoms with Gasteiger partial charge in [0.1, 0.15) is 0 Å². The first kappa shape index (κ1) is 12.6. The Morgan fingerprint density at radius 1 is 1.35 bits per heavy atom. The molecule has 2 rings (SSSR count). The third-order valence-corrected chi connectivity index (χ3v) is 4.23. The van der Waals surface area contributed by atoms with Crippen LogP contribution in [0.25, 0.3) is 0 Å². The predicted octanol–water partition coefficient (Wildman–Crippen LogP) is 2.51. The predicted molar refractivity (Wildman–Crippen MR) is 67.8 cm³/mol. The summed E-state index contributed by atoms with van der Waals surface area (Å²) in [6, 6.07) is 0. The molecule has 0 bridgehead atoms. The number of carbonyl (C=O) groups is 1. The molecule has 3 nitrogen and oxygen atoms in total. The number of nitrogens with zero attached hydrogens (tertiary/aromatic N) is 1. The fourth-order valence-electron chi connectivity index (χ4n) is 3.11. The smallest absolute Gasteiger partial charge is 0.217 e. The van der Waals surface area contributed by atoms with Gasteiger partial charge in [-0.1, -0.05) is 13.8 Å². The number of hydrogen-bond acceptors (Lipinski definition) is 3. The number of Topliss-reactive ketones (excluding diaryl/α,β-unsaturated/α-hetero) is 1. The Bertz CT molecular complexity index is 312. The second-order valence-electron chi connectivity index (χ2n) is 4.97. The molecule has 0 radical (unpaired) electrons. The zero-order valence-electron chi connectivity index (χ0n) is 11.0. The van der Waals surface area contributed by atoms with Crippen LogP contribution in [-0.4, -0.2) is 35.9 Å². The molecule has 0 aromatic rings. The van der Waals surface area contributed by atoms with E-state index >= 15 is 0 Å². The van der Waals surface area contributed by atoms with Gasteiger partial charge in [-0.25, -0.2) is 0 Å². The molecule has 0 N–H and O–H groups in total. The van der Waals surface area contributed by atoms with Crippen LogP contribution in [0.1, 0.15) is 46.0 Å². The molecule has 17 heavy (non-hydrogen) atoms. The lowest BCUT2D eigenvalue weighted by Crippen LogP contribution is -2.53. The Kier molecular flexibility index (Phi) is 3.87. The second kappa shape index (κ2) is 5.21. The van der Waals surface area contributed by atoms with Crippen molar-refractivity contribution in [2.24, 2.45) is 0 Å². The van der Waals surface area contributed by atoms with E-state index < -0.39 is 0 Å². The summed E-state index contributed by atoms with van der Waals surface area (Å²) < 4.78 is 5.47. The molecule has 0 saturated carbocycles. The first-order valence-electron chi connectivity index (χ1n) is 6.87. The van der Waals surface area contributed by atoms with Crippen molar-refractivity contribution in [3.05, 3.63) is 11.8 Å². The molecular weight excluding hydrogens is 214 g/mol. The van der Waals surface area contributed by atoms with E-state index in [0.29, 0.717) is 12.4 Å². The van der Waals surface area contributed by atoms with Crippen molar-refractivity contribution in [1.29, 1.82) is 0 Å². The van der Waals surface area contributed by atoms with E-state index in [4.69, 9.17) is 4.74 Å². The molecule has 0 spiro atoms. The van der Waals surface area contributed by atoms with E-state index in [1.165, 1.54) is 12.8 Å².